The molecule has 0 aliphatic heterocycles. The Kier molecular flexibility index (Phi) is 3.07. The predicted octanol–water partition coefficient (Wildman–Crippen LogP) is 1.78. The van der Waals surface area contributed by atoms with Crippen LogP contribution in [-0.4, -0.2) is 28.4 Å². The van der Waals surface area contributed by atoms with Gasteiger partial charge in [0, 0.05) is 12.5 Å². The highest BCUT2D eigenvalue weighted by molar-refractivity contribution is 6.53. The molecule has 0 spiro atoms. The molecule has 96 valence electrons. The van der Waals surface area contributed by atoms with Crippen LogP contribution in [0, 0.1) is 5.41 Å². The van der Waals surface area contributed by atoms with Crippen LogP contribution in [0.4, 0.5) is 0 Å². The maximum Gasteiger partial charge on any atom is 0.315 e. The maximum absolute atomic E-state index is 11.8. The van der Waals surface area contributed by atoms with Gasteiger partial charge in [-0.1, -0.05) is 0 Å². The van der Waals surface area contributed by atoms with Gasteiger partial charge >= 0.3 is 5.97 Å². The number of carbonyl (C=O) groups excluding carboxylic acids is 2. The fraction of sp³-hybridized carbons (Fsp3) is 0.818. The number of amides is 1. The molecule has 0 aromatic heterocycles. The summed E-state index contributed by atoms with van der Waals surface area (Å²) in [6, 6.07) is 0.250. The van der Waals surface area contributed by atoms with Crippen molar-refractivity contribution in [1.29, 1.82) is 0 Å². The van der Waals surface area contributed by atoms with Gasteiger partial charge in [0.15, 0.2) is 6.10 Å². The van der Waals surface area contributed by atoms with Gasteiger partial charge in [0.25, 0.3) is 5.91 Å². The van der Waals surface area contributed by atoms with Crippen molar-refractivity contribution >= 4 is 35.1 Å². The number of esters is 1. The maximum atomic E-state index is 11.8. The molecule has 2 aliphatic carbocycles. The van der Waals surface area contributed by atoms with E-state index in [0.717, 1.165) is 12.8 Å². The van der Waals surface area contributed by atoms with E-state index in [9.17, 15) is 9.59 Å². The third-order valence-electron chi connectivity index (χ3n) is 3.29. The van der Waals surface area contributed by atoms with Crippen molar-refractivity contribution in [2.75, 3.05) is 0 Å². The van der Waals surface area contributed by atoms with Crippen molar-refractivity contribution in [3.8, 4) is 0 Å². The molecule has 0 radical (unpaired) electrons. The van der Waals surface area contributed by atoms with Gasteiger partial charge in [-0.2, -0.15) is 0 Å². The summed E-state index contributed by atoms with van der Waals surface area (Å²) in [6.45, 7) is 3.19. The fourth-order valence-electron chi connectivity index (χ4n) is 1.51. The van der Waals surface area contributed by atoms with Gasteiger partial charge in [-0.05, 0) is 26.7 Å². The van der Waals surface area contributed by atoms with Crippen LogP contribution in [0.1, 0.15) is 33.1 Å². The Morgan fingerprint density at radius 2 is 1.94 bits per heavy atom. The van der Waals surface area contributed by atoms with Crippen LogP contribution in [0.25, 0.3) is 0 Å². The van der Waals surface area contributed by atoms with Crippen molar-refractivity contribution < 1.29 is 14.3 Å². The lowest BCUT2D eigenvalue weighted by molar-refractivity contribution is -0.159. The highest BCUT2D eigenvalue weighted by Crippen LogP contribution is 2.64. The van der Waals surface area contributed by atoms with Crippen molar-refractivity contribution in [1.82, 2.24) is 5.32 Å². The zero-order valence-electron chi connectivity index (χ0n) is 9.76. The van der Waals surface area contributed by atoms with Crippen molar-refractivity contribution in [2.45, 2.75) is 49.6 Å². The van der Waals surface area contributed by atoms with E-state index < -0.39 is 21.8 Å². The first-order valence-electron chi connectivity index (χ1n) is 5.65. The number of halogens is 2. The fourth-order valence-corrected chi connectivity index (χ4v) is 2.20. The summed E-state index contributed by atoms with van der Waals surface area (Å²) < 4.78 is 4.02. The molecule has 0 saturated heterocycles. The lowest BCUT2D eigenvalue weighted by atomic mass is 10.1. The lowest BCUT2D eigenvalue weighted by Gasteiger charge is -2.17. The standard InChI is InChI=1S/C11H15Cl2NO3/c1-6(8(15)14-7-3-4-7)17-9(16)10(2)5-11(10,12)13/h6-7H,3-5H2,1-2H3,(H,14,15). The van der Waals surface area contributed by atoms with Gasteiger partial charge in [0.1, 0.15) is 9.75 Å². The van der Waals surface area contributed by atoms with Crippen LogP contribution in [0.2, 0.25) is 0 Å². The summed E-state index contributed by atoms with van der Waals surface area (Å²) in [5, 5.41) is 2.77. The molecule has 2 unspecified atom stereocenters. The minimum Gasteiger partial charge on any atom is -0.452 e. The molecule has 17 heavy (non-hydrogen) atoms. The Morgan fingerprint density at radius 1 is 1.41 bits per heavy atom. The first-order valence-corrected chi connectivity index (χ1v) is 6.41. The first-order chi connectivity index (χ1) is 7.76. The molecule has 2 saturated carbocycles. The second kappa shape index (κ2) is 4.02. The molecule has 0 bridgehead atoms. The number of alkyl halides is 2. The van der Waals surface area contributed by atoms with Crippen molar-refractivity contribution in [3.63, 3.8) is 0 Å². The van der Waals surface area contributed by atoms with Crippen LogP contribution < -0.4 is 5.32 Å². The zero-order chi connectivity index (χ0) is 12.8. The van der Waals surface area contributed by atoms with Crippen LogP contribution in [0.3, 0.4) is 0 Å². The van der Waals surface area contributed by atoms with Crippen LogP contribution >= 0.6 is 23.2 Å². The number of ether oxygens (including phenoxy) is 1. The molecule has 0 heterocycles. The third kappa shape index (κ3) is 2.52. The van der Waals surface area contributed by atoms with Gasteiger partial charge in [-0.15, -0.1) is 23.2 Å². The Bertz CT molecular complexity index is 368. The summed E-state index contributed by atoms with van der Waals surface area (Å²) in [5.74, 6) is -0.777. The topological polar surface area (TPSA) is 55.4 Å². The van der Waals surface area contributed by atoms with E-state index in [1.807, 2.05) is 0 Å². The quantitative estimate of drug-likeness (QED) is 0.631. The summed E-state index contributed by atoms with van der Waals surface area (Å²) in [7, 11) is 0. The van der Waals surface area contributed by atoms with Gasteiger partial charge in [-0.3, -0.25) is 9.59 Å². The molecule has 4 nitrogen and oxygen atoms in total. The van der Waals surface area contributed by atoms with E-state index in [2.05, 4.69) is 5.32 Å². The number of carbonyl (C=O) groups is 2. The third-order valence-corrected chi connectivity index (χ3v) is 4.39. The number of rotatable bonds is 4. The molecule has 2 aliphatic rings. The molecule has 1 amide bonds. The SMILES string of the molecule is CC(OC(=O)C1(C)CC1(Cl)Cl)C(=O)NC1CC1. The van der Waals surface area contributed by atoms with E-state index in [4.69, 9.17) is 27.9 Å². The second-order valence-corrected chi connectivity index (χ2v) is 6.53. The Morgan fingerprint density at radius 3 is 2.35 bits per heavy atom. The van der Waals surface area contributed by atoms with Crippen molar-refractivity contribution in [3.05, 3.63) is 0 Å². The molecule has 2 rings (SSSR count). The summed E-state index contributed by atoms with van der Waals surface area (Å²) in [4.78, 5) is 23.4. The minimum absolute atomic E-state index is 0.250. The average molecular weight is 280 g/mol. The van der Waals surface area contributed by atoms with Crippen LogP contribution in [0.5, 0.6) is 0 Å². The second-order valence-electron chi connectivity index (χ2n) is 5.04. The minimum atomic E-state index is -1.06. The van der Waals surface area contributed by atoms with Crippen LogP contribution in [-0.2, 0) is 14.3 Å². The molecular weight excluding hydrogens is 265 g/mol. The average Bonchev–Trinajstić information content (AvgIpc) is 3.07. The molecule has 6 heteroatoms. The van der Waals surface area contributed by atoms with E-state index in [-0.39, 0.29) is 11.9 Å². The van der Waals surface area contributed by atoms with E-state index in [1.165, 1.54) is 0 Å². The molecule has 2 atom stereocenters. The van der Waals surface area contributed by atoms with Crippen LogP contribution in [0.15, 0.2) is 0 Å². The van der Waals surface area contributed by atoms with E-state index in [1.54, 1.807) is 13.8 Å². The predicted molar refractivity (Wildman–Crippen MR) is 63.9 cm³/mol. The van der Waals surface area contributed by atoms with E-state index in [0.29, 0.717) is 6.42 Å². The molecule has 0 aromatic carbocycles. The summed E-state index contributed by atoms with van der Waals surface area (Å²) in [5.41, 5.74) is -0.885. The Labute approximate surface area is 110 Å². The number of hydrogen-bond acceptors (Lipinski definition) is 3. The normalized spacial score (nSPS) is 31.5. The van der Waals surface area contributed by atoms with Gasteiger partial charge in [-0.25, -0.2) is 0 Å². The molecule has 2 fully saturated rings. The highest BCUT2D eigenvalue weighted by atomic mass is 35.5. The molecule has 1 N–H and O–H groups in total. The number of hydrogen-bond donors (Lipinski definition) is 1. The lowest BCUT2D eigenvalue weighted by Crippen LogP contribution is -2.38. The Balaban J connectivity index is 1.84. The Hall–Kier alpha value is -0.480. The number of nitrogens with one attached hydrogen (secondary N) is 1. The zero-order valence-corrected chi connectivity index (χ0v) is 11.3. The van der Waals surface area contributed by atoms with Gasteiger partial charge in [0.05, 0.1) is 0 Å². The summed E-state index contributed by atoms with van der Waals surface area (Å²) in [6.07, 6.45) is 1.55. The smallest absolute Gasteiger partial charge is 0.315 e. The molecular formula is C11H15Cl2NO3. The largest absolute Gasteiger partial charge is 0.452 e. The summed E-state index contributed by atoms with van der Waals surface area (Å²) >= 11 is 11.7. The highest BCUT2D eigenvalue weighted by Gasteiger charge is 2.69. The van der Waals surface area contributed by atoms with Crippen molar-refractivity contribution in [2.24, 2.45) is 5.41 Å². The molecule has 0 aromatic rings. The van der Waals surface area contributed by atoms with E-state index >= 15 is 0 Å². The van der Waals surface area contributed by atoms with Gasteiger partial charge < -0.3 is 10.1 Å². The monoisotopic (exact) mass is 279 g/mol. The van der Waals surface area contributed by atoms with Gasteiger partial charge in [0.2, 0.25) is 0 Å². The first kappa shape index (κ1) is 13.0.